The van der Waals surface area contributed by atoms with Gasteiger partial charge >= 0.3 is 0 Å². The molecule has 2 aromatic rings. The Hall–Kier alpha value is -2.41. The summed E-state index contributed by atoms with van der Waals surface area (Å²) in [4.78, 5) is 14.5. The van der Waals surface area contributed by atoms with E-state index >= 15 is 0 Å². The maximum Gasteiger partial charge on any atom is 0.254 e. The minimum Gasteiger partial charge on any atom is -0.495 e. The van der Waals surface area contributed by atoms with E-state index < -0.39 is 0 Å². The summed E-state index contributed by atoms with van der Waals surface area (Å²) >= 11 is 3.41. The topological polar surface area (TPSA) is 57.2 Å². The predicted octanol–water partition coefficient (Wildman–Crippen LogP) is 3.76. The van der Waals surface area contributed by atoms with Crippen molar-refractivity contribution >= 4 is 21.8 Å². The molecular weight excluding hydrogens is 402 g/mol. The van der Waals surface area contributed by atoms with E-state index in [9.17, 15) is 4.79 Å². The third-order valence-corrected chi connectivity index (χ3v) is 4.71. The van der Waals surface area contributed by atoms with Gasteiger partial charge in [-0.2, -0.15) is 0 Å². The molecule has 0 radical (unpaired) electrons. The van der Waals surface area contributed by atoms with Crippen LogP contribution in [0, 0.1) is 0 Å². The van der Waals surface area contributed by atoms with Gasteiger partial charge < -0.3 is 23.8 Å². The Bertz CT molecular complexity index is 768. The molecule has 0 aliphatic heterocycles. The number of benzene rings is 2. The summed E-state index contributed by atoms with van der Waals surface area (Å²) < 4.78 is 22.0. The van der Waals surface area contributed by atoms with E-state index in [1.807, 2.05) is 18.2 Å². The number of rotatable bonds is 7. The van der Waals surface area contributed by atoms with E-state index in [2.05, 4.69) is 15.9 Å². The highest BCUT2D eigenvalue weighted by Gasteiger charge is 2.19. The SMILES string of the molecule is COc1cc(C(=O)N(C)Cc2cccc(OC)c2OC)cc(OC)c1Br. The van der Waals surface area contributed by atoms with E-state index in [4.69, 9.17) is 18.9 Å². The molecule has 0 spiro atoms. The Morgan fingerprint density at radius 1 is 0.962 bits per heavy atom. The third kappa shape index (κ3) is 4.04. The summed E-state index contributed by atoms with van der Waals surface area (Å²) in [6, 6.07) is 8.92. The largest absolute Gasteiger partial charge is 0.495 e. The van der Waals surface area contributed by atoms with Crippen molar-refractivity contribution < 1.29 is 23.7 Å². The van der Waals surface area contributed by atoms with Crippen LogP contribution in [-0.4, -0.2) is 46.3 Å². The number of ether oxygens (including phenoxy) is 4. The van der Waals surface area contributed by atoms with Crippen LogP contribution in [0.15, 0.2) is 34.8 Å². The number of carbonyl (C=O) groups excluding carboxylic acids is 1. The smallest absolute Gasteiger partial charge is 0.254 e. The zero-order valence-electron chi connectivity index (χ0n) is 15.5. The minimum atomic E-state index is -0.168. The van der Waals surface area contributed by atoms with E-state index in [1.165, 1.54) is 0 Å². The summed E-state index contributed by atoms with van der Waals surface area (Å²) in [5, 5.41) is 0. The van der Waals surface area contributed by atoms with Crippen LogP contribution in [0.1, 0.15) is 15.9 Å². The fourth-order valence-corrected chi connectivity index (χ4v) is 3.17. The second-order valence-electron chi connectivity index (χ2n) is 5.51. The van der Waals surface area contributed by atoms with E-state index in [-0.39, 0.29) is 5.91 Å². The first-order valence-corrected chi connectivity index (χ1v) is 8.62. The van der Waals surface area contributed by atoms with Gasteiger partial charge in [-0.05, 0) is 34.1 Å². The quantitative estimate of drug-likeness (QED) is 0.678. The Morgan fingerprint density at radius 3 is 2.04 bits per heavy atom. The summed E-state index contributed by atoms with van der Waals surface area (Å²) in [5.41, 5.74) is 1.31. The summed E-state index contributed by atoms with van der Waals surface area (Å²) in [7, 11) is 7.96. The fourth-order valence-electron chi connectivity index (χ4n) is 2.62. The lowest BCUT2D eigenvalue weighted by atomic mass is 10.1. The standard InChI is InChI=1S/C19H22BrNO5/c1-21(11-12-7-6-8-14(23-2)18(12)26-5)19(22)13-9-15(24-3)17(20)16(10-13)25-4/h6-10H,11H2,1-5H3. The number of amides is 1. The molecule has 0 unspecified atom stereocenters. The second kappa shape index (κ2) is 8.80. The van der Waals surface area contributed by atoms with Crippen molar-refractivity contribution in [3.63, 3.8) is 0 Å². The summed E-state index contributed by atoms with van der Waals surface area (Å²) in [6.45, 7) is 0.361. The molecule has 0 aliphatic rings. The molecule has 0 aliphatic carbocycles. The van der Waals surface area contributed by atoms with Crippen LogP contribution in [-0.2, 0) is 6.54 Å². The molecule has 0 heterocycles. The fraction of sp³-hybridized carbons (Fsp3) is 0.316. The highest BCUT2D eigenvalue weighted by molar-refractivity contribution is 9.10. The van der Waals surface area contributed by atoms with Crippen LogP contribution in [0.25, 0.3) is 0 Å². The molecule has 0 N–H and O–H groups in total. The van der Waals surface area contributed by atoms with Gasteiger partial charge in [-0.3, -0.25) is 4.79 Å². The molecule has 7 heteroatoms. The molecule has 0 fully saturated rings. The van der Waals surface area contributed by atoms with Crippen molar-refractivity contribution in [1.82, 2.24) is 4.90 Å². The lowest BCUT2D eigenvalue weighted by Crippen LogP contribution is -2.26. The van der Waals surface area contributed by atoms with Crippen LogP contribution in [0.4, 0.5) is 0 Å². The van der Waals surface area contributed by atoms with Gasteiger partial charge in [0.1, 0.15) is 16.0 Å². The van der Waals surface area contributed by atoms with Crippen molar-refractivity contribution in [3.05, 3.63) is 45.9 Å². The number of nitrogens with zero attached hydrogens (tertiary/aromatic N) is 1. The summed E-state index contributed by atoms with van der Waals surface area (Å²) in [6.07, 6.45) is 0. The Labute approximate surface area is 161 Å². The number of carbonyl (C=O) groups is 1. The van der Waals surface area contributed by atoms with Gasteiger partial charge in [0.25, 0.3) is 5.91 Å². The van der Waals surface area contributed by atoms with Crippen LogP contribution >= 0.6 is 15.9 Å². The van der Waals surface area contributed by atoms with Crippen LogP contribution in [0.5, 0.6) is 23.0 Å². The third-order valence-electron chi connectivity index (χ3n) is 3.93. The molecule has 140 valence electrons. The van der Waals surface area contributed by atoms with Crippen LogP contribution < -0.4 is 18.9 Å². The molecule has 26 heavy (non-hydrogen) atoms. The first kappa shape index (κ1) is 19.9. The van der Waals surface area contributed by atoms with Crippen molar-refractivity contribution in [3.8, 4) is 23.0 Å². The van der Waals surface area contributed by atoms with E-state index in [0.29, 0.717) is 39.6 Å². The molecule has 2 rings (SSSR count). The van der Waals surface area contributed by atoms with E-state index in [0.717, 1.165) is 5.56 Å². The van der Waals surface area contributed by atoms with Crippen LogP contribution in [0.3, 0.4) is 0 Å². The molecule has 0 bridgehead atoms. The average Bonchev–Trinajstić information content (AvgIpc) is 2.67. The van der Waals surface area contributed by atoms with Gasteiger partial charge in [0.2, 0.25) is 0 Å². The van der Waals surface area contributed by atoms with Crippen molar-refractivity contribution in [2.24, 2.45) is 0 Å². The first-order chi connectivity index (χ1) is 12.5. The highest BCUT2D eigenvalue weighted by Crippen LogP contribution is 2.36. The first-order valence-electron chi connectivity index (χ1n) is 7.83. The molecule has 0 aromatic heterocycles. The molecule has 1 amide bonds. The molecule has 6 nitrogen and oxygen atoms in total. The zero-order valence-corrected chi connectivity index (χ0v) is 17.0. The Balaban J connectivity index is 2.31. The van der Waals surface area contributed by atoms with Crippen molar-refractivity contribution in [1.29, 1.82) is 0 Å². The second-order valence-corrected chi connectivity index (χ2v) is 6.30. The number of hydrogen-bond donors (Lipinski definition) is 0. The highest BCUT2D eigenvalue weighted by atomic mass is 79.9. The summed E-state index contributed by atoms with van der Waals surface area (Å²) in [5.74, 6) is 2.12. The predicted molar refractivity (Wildman–Crippen MR) is 103 cm³/mol. The molecule has 2 aromatic carbocycles. The van der Waals surface area contributed by atoms with Gasteiger partial charge in [-0.25, -0.2) is 0 Å². The maximum absolute atomic E-state index is 12.9. The molecule has 0 atom stereocenters. The van der Waals surface area contributed by atoms with E-state index in [1.54, 1.807) is 52.5 Å². The number of hydrogen-bond acceptors (Lipinski definition) is 5. The van der Waals surface area contributed by atoms with Gasteiger partial charge in [-0.1, -0.05) is 12.1 Å². The Morgan fingerprint density at radius 2 is 1.54 bits per heavy atom. The normalized spacial score (nSPS) is 10.2. The average molecular weight is 424 g/mol. The minimum absolute atomic E-state index is 0.168. The van der Waals surface area contributed by atoms with Gasteiger partial charge in [-0.15, -0.1) is 0 Å². The number of halogens is 1. The lowest BCUT2D eigenvalue weighted by Gasteiger charge is -2.21. The molecular formula is C19H22BrNO5. The number of para-hydroxylation sites is 1. The molecule has 0 saturated carbocycles. The van der Waals surface area contributed by atoms with Gasteiger partial charge in [0.05, 0.1) is 28.4 Å². The number of methoxy groups -OCH3 is 4. The molecule has 0 saturated heterocycles. The zero-order chi connectivity index (χ0) is 19.3. The van der Waals surface area contributed by atoms with Crippen molar-refractivity contribution in [2.45, 2.75) is 6.54 Å². The Kier molecular flexibility index (Phi) is 6.74. The maximum atomic E-state index is 12.9. The van der Waals surface area contributed by atoms with Gasteiger partial charge in [0, 0.05) is 24.7 Å². The lowest BCUT2D eigenvalue weighted by molar-refractivity contribution is 0.0783. The van der Waals surface area contributed by atoms with Gasteiger partial charge in [0.15, 0.2) is 11.5 Å². The van der Waals surface area contributed by atoms with Crippen LogP contribution in [0.2, 0.25) is 0 Å². The van der Waals surface area contributed by atoms with Crippen molar-refractivity contribution in [2.75, 3.05) is 35.5 Å². The monoisotopic (exact) mass is 423 g/mol.